The third-order valence-electron chi connectivity index (χ3n) is 5.16. The Kier molecular flexibility index (Phi) is 5.47. The van der Waals surface area contributed by atoms with Crippen molar-refractivity contribution in [3.8, 4) is 0 Å². The fourth-order valence-corrected chi connectivity index (χ4v) is 3.95. The van der Waals surface area contributed by atoms with E-state index in [0.717, 1.165) is 33.0 Å². The van der Waals surface area contributed by atoms with Crippen molar-refractivity contribution in [1.29, 1.82) is 0 Å². The summed E-state index contributed by atoms with van der Waals surface area (Å²) in [6.07, 6.45) is 7.51. The maximum atomic E-state index is 12.7. The summed E-state index contributed by atoms with van der Waals surface area (Å²) in [6, 6.07) is 13.3. The molecule has 0 fully saturated rings. The lowest BCUT2D eigenvalue weighted by molar-refractivity contribution is 0.0946. The topological polar surface area (TPSA) is 83.6 Å². The summed E-state index contributed by atoms with van der Waals surface area (Å²) >= 11 is 12.2. The number of hydrogen-bond donors (Lipinski definition) is 2. The first-order valence-electron chi connectivity index (χ1n) is 9.94. The van der Waals surface area contributed by atoms with E-state index in [1.54, 1.807) is 24.7 Å². The predicted molar refractivity (Wildman–Crippen MR) is 126 cm³/mol. The van der Waals surface area contributed by atoms with Crippen LogP contribution in [0.25, 0.3) is 21.9 Å². The van der Waals surface area contributed by atoms with Gasteiger partial charge in [0.2, 0.25) is 0 Å². The molecule has 8 heteroatoms. The van der Waals surface area contributed by atoms with Gasteiger partial charge in [-0.05, 0) is 65.6 Å². The molecule has 0 aliphatic carbocycles. The van der Waals surface area contributed by atoms with E-state index in [0.29, 0.717) is 34.4 Å². The summed E-state index contributed by atoms with van der Waals surface area (Å²) in [7, 11) is 0. The van der Waals surface area contributed by atoms with Crippen molar-refractivity contribution < 1.29 is 4.79 Å². The molecule has 4 heterocycles. The molecule has 1 aromatic carbocycles. The molecule has 158 valence electrons. The lowest BCUT2D eigenvalue weighted by atomic mass is 10.0. The Hall–Kier alpha value is -3.48. The number of benzene rings is 1. The quantitative estimate of drug-likeness (QED) is 0.370. The Bertz CT molecular complexity index is 1460. The van der Waals surface area contributed by atoms with E-state index in [1.807, 2.05) is 36.5 Å². The number of amides is 1. The maximum absolute atomic E-state index is 12.7. The van der Waals surface area contributed by atoms with Crippen LogP contribution in [0, 0.1) is 0 Å². The molecule has 5 aromatic rings. The molecule has 0 spiro atoms. The first-order valence-corrected chi connectivity index (χ1v) is 10.7. The molecule has 0 atom stereocenters. The molecule has 0 saturated heterocycles. The van der Waals surface area contributed by atoms with Crippen LogP contribution in [-0.4, -0.2) is 25.8 Å². The Labute approximate surface area is 193 Å². The minimum atomic E-state index is -0.254. The fourth-order valence-electron chi connectivity index (χ4n) is 3.57. The van der Waals surface area contributed by atoms with E-state index in [9.17, 15) is 4.79 Å². The second-order valence-electron chi connectivity index (χ2n) is 7.47. The highest BCUT2D eigenvalue weighted by atomic mass is 35.5. The Balaban J connectivity index is 1.29. The molecule has 32 heavy (non-hydrogen) atoms. The summed E-state index contributed by atoms with van der Waals surface area (Å²) in [5.41, 5.74) is 4.81. The Morgan fingerprint density at radius 3 is 2.72 bits per heavy atom. The highest BCUT2D eigenvalue weighted by Gasteiger charge is 2.10. The van der Waals surface area contributed by atoms with Gasteiger partial charge in [0.15, 0.2) is 0 Å². The van der Waals surface area contributed by atoms with Gasteiger partial charge in [0.05, 0.1) is 10.5 Å². The molecule has 0 saturated carbocycles. The van der Waals surface area contributed by atoms with Gasteiger partial charge in [-0.25, -0.2) is 4.98 Å². The average molecular weight is 462 g/mol. The van der Waals surface area contributed by atoms with Gasteiger partial charge in [0.25, 0.3) is 5.91 Å². The van der Waals surface area contributed by atoms with Crippen LogP contribution in [0.4, 0.5) is 0 Å². The van der Waals surface area contributed by atoms with Crippen LogP contribution in [0.1, 0.15) is 27.2 Å². The minimum absolute atomic E-state index is 0.254. The monoisotopic (exact) mass is 461 g/mol. The number of hydrogen-bond acceptors (Lipinski definition) is 4. The molecule has 2 N–H and O–H groups in total. The van der Waals surface area contributed by atoms with Crippen LogP contribution in [0.2, 0.25) is 10.0 Å². The van der Waals surface area contributed by atoms with Gasteiger partial charge in [0.1, 0.15) is 11.3 Å². The van der Waals surface area contributed by atoms with Crippen molar-refractivity contribution in [2.75, 3.05) is 0 Å². The van der Waals surface area contributed by atoms with Crippen LogP contribution in [0.15, 0.2) is 67.3 Å². The van der Waals surface area contributed by atoms with Crippen LogP contribution in [0.5, 0.6) is 0 Å². The van der Waals surface area contributed by atoms with E-state index in [1.165, 1.54) is 0 Å². The van der Waals surface area contributed by atoms with Crippen LogP contribution >= 0.6 is 23.2 Å². The fraction of sp³-hybridized carbons (Fsp3) is 0.0833. The number of pyridine rings is 3. The van der Waals surface area contributed by atoms with Gasteiger partial charge in [0, 0.05) is 47.1 Å². The number of carbonyl (C=O) groups is 1. The maximum Gasteiger partial charge on any atom is 0.270 e. The SMILES string of the molecule is O=C(NCc1cnc2[nH]cc(Cl)c2c1)c1cc(Cc2cnc3ccc(Cl)cc3c2)ccn1. The Morgan fingerprint density at radius 2 is 1.81 bits per heavy atom. The zero-order valence-electron chi connectivity index (χ0n) is 16.8. The molecule has 0 bridgehead atoms. The van der Waals surface area contributed by atoms with E-state index >= 15 is 0 Å². The number of halogens is 2. The van der Waals surface area contributed by atoms with Crippen molar-refractivity contribution in [2.45, 2.75) is 13.0 Å². The number of carbonyl (C=O) groups excluding carboxylic acids is 1. The van der Waals surface area contributed by atoms with E-state index in [2.05, 4.69) is 31.3 Å². The van der Waals surface area contributed by atoms with Gasteiger partial charge in [-0.3, -0.25) is 14.8 Å². The van der Waals surface area contributed by atoms with E-state index < -0.39 is 0 Å². The molecule has 5 rings (SSSR count). The molecule has 1 amide bonds. The summed E-state index contributed by atoms with van der Waals surface area (Å²) in [6.45, 7) is 0.324. The summed E-state index contributed by atoms with van der Waals surface area (Å²) < 4.78 is 0. The second kappa shape index (κ2) is 8.57. The smallest absolute Gasteiger partial charge is 0.270 e. The van der Waals surface area contributed by atoms with Gasteiger partial charge < -0.3 is 10.3 Å². The summed E-state index contributed by atoms with van der Waals surface area (Å²) in [4.78, 5) is 28.7. The van der Waals surface area contributed by atoms with Gasteiger partial charge >= 0.3 is 0 Å². The van der Waals surface area contributed by atoms with Crippen molar-refractivity contribution in [1.82, 2.24) is 25.3 Å². The zero-order chi connectivity index (χ0) is 22.1. The molecule has 4 aromatic heterocycles. The first kappa shape index (κ1) is 20.4. The number of nitrogens with zero attached hydrogens (tertiary/aromatic N) is 3. The number of aromatic nitrogens is 4. The van der Waals surface area contributed by atoms with Crippen molar-refractivity contribution in [3.05, 3.63) is 99.7 Å². The highest BCUT2D eigenvalue weighted by molar-refractivity contribution is 6.35. The molecular weight excluding hydrogens is 445 g/mol. The largest absolute Gasteiger partial charge is 0.347 e. The van der Waals surface area contributed by atoms with Crippen LogP contribution < -0.4 is 5.32 Å². The molecule has 0 unspecified atom stereocenters. The molecule has 0 aliphatic heterocycles. The van der Waals surface area contributed by atoms with E-state index in [-0.39, 0.29) is 5.91 Å². The number of fused-ring (bicyclic) bond motifs is 2. The third-order valence-corrected chi connectivity index (χ3v) is 5.70. The lowest BCUT2D eigenvalue weighted by Crippen LogP contribution is -2.24. The summed E-state index contributed by atoms with van der Waals surface area (Å²) in [5, 5.41) is 5.97. The molecular formula is C24H17Cl2N5O. The van der Waals surface area contributed by atoms with Gasteiger partial charge in [-0.15, -0.1) is 0 Å². The number of aromatic amines is 1. The lowest BCUT2D eigenvalue weighted by Gasteiger charge is -2.08. The number of nitrogens with one attached hydrogen (secondary N) is 2. The van der Waals surface area contributed by atoms with Crippen molar-refractivity contribution >= 4 is 51.0 Å². The molecule has 6 nitrogen and oxygen atoms in total. The standard InChI is InChI=1S/C24H17Cl2N5O/c25-18-1-2-21-17(9-18)6-15(10-28-21)5-14-3-4-27-22(8-14)24(32)31-12-16-7-19-20(26)13-30-23(19)29-11-16/h1-4,6-11,13H,5,12H2,(H,29,30)(H,31,32). The van der Waals surface area contributed by atoms with Crippen LogP contribution in [-0.2, 0) is 13.0 Å². The predicted octanol–water partition coefficient (Wildman–Crippen LogP) is 5.33. The third kappa shape index (κ3) is 4.28. The second-order valence-corrected chi connectivity index (χ2v) is 8.31. The number of H-pyrrole nitrogens is 1. The normalized spacial score (nSPS) is 11.2. The summed E-state index contributed by atoms with van der Waals surface area (Å²) in [5.74, 6) is -0.254. The number of rotatable bonds is 5. The molecule has 0 aliphatic rings. The van der Waals surface area contributed by atoms with E-state index in [4.69, 9.17) is 23.2 Å². The average Bonchev–Trinajstić information content (AvgIpc) is 3.17. The zero-order valence-corrected chi connectivity index (χ0v) is 18.3. The minimum Gasteiger partial charge on any atom is -0.347 e. The van der Waals surface area contributed by atoms with Crippen LogP contribution in [0.3, 0.4) is 0 Å². The van der Waals surface area contributed by atoms with Gasteiger partial charge in [-0.1, -0.05) is 23.2 Å². The first-order chi connectivity index (χ1) is 15.5. The molecule has 0 radical (unpaired) electrons. The van der Waals surface area contributed by atoms with Gasteiger partial charge in [-0.2, -0.15) is 0 Å². The van der Waals surface area contributed by atoms with Crippen molar-refractivity contribution in [3.63, 3.8) is 0 Å². The Morgan fingerprint density at radius 1 is 0.938 bits per heavy atom. The van der Waals surface area contributed by atoms with Crippen molar-refractivity contribution in [2.24, 2.45) is 0 Å². The highest BCUT2D eigenvalue weighted by Crippen LogP contribution is 2.22.